The first-order valence-corrected chi connectivity index (χ1v) is 19.9. The maximum atomic E-state index is 13.8. The maximum absolute atomic E-state index is 13.8. The number of carbonyl (C=O) groups excluding carboxylic acids is 2. The number of aliphatic hydroxyl groups excluding tert-OH is 1. The van der Waals surface area contributed by atoms with Gasteiger partial charge in [-0.1, -0.05) is 53.5 Å². The molecule has 290 valence electrons. The molecular weight excluding hydrogens is 741 g/mol. The van der Waals surface area contributed by atoms with E-state index in [1.54, 1.807) is 19.1 Å². The van der Waals surface area contributed by atoms with Crippen molar-refractivity contribution in [2.75, 3.05) is 31.5 Å². The van der Waals surface area contributed by atoms with Crippen LogP contribution in [0.2, 0.25) is 10.0 Å². The third-order valence-corrected chi connectivity index (χ3v) is 13.5. The Morgan fingerprint density at radius 2 is 1.45 bits per heavy atom. The van der Waals surface area contributed by atoms with E-state index in [2.05, 4.69) is 15.1 Å². The Hall–Kier alpha value is -4.07. The first-order valence-electron chi connectivity index (χ1n) is 19.1. The van der Waals surface area contributed by atoms with Crippen molar-refractivity contribution >= 4 is 46.5 Å². The Bertz CT molecular complexity index is 2200. The molecule has 0 radical (unpaired) electrons. The van der Waals surface area contributed by atoms with Crippen molar-refractivity contribution in [3.8, 4) is 11.1 Å². The number of anilines is 1. The van der Waals surface area contributed by atoms with Crippen molar-refractivity contribution in [3.05, 3.63) is 86.4 Å². The summed E-state index contributed by atoms with van der Waals surface area (Å²) >= 11 is 14.0. The van der Waals surface area contributed by atoms with Gasteiger partial charge in [-0.3, -0.25) is 24.2 Å². The molecule has 2 aliphatic heterocycles. The van der Waals surface area contributed by atoms with Crippen LogP contribution < -0.4 is 5.32 Å². The number of halogens is 2. The molecule has 0 saturated heterocycles. The van der Waals surface area contributed by atoms with Crippen molar-refractivity contribution < 1.29 is 24.6 Å². The van der Waals surface area contributed by atoms with Crippen molar-refractivity contribution in [2.45, 2.75) is 77.5 Å². The molecule has 2 aliphatic carbocycles. The molecule has 0 unspecified atom stereocenters. The first-order chi connectivity index (χ1) is 26.3. The molecule has 3 N–H and O–H groups in total. The van der Waals surface area contributed by atoms with E-state index >= 15 is 0 Å². The van der Waals surface area contributed by atoms with Gasteiger partial charge in [0.05, 0.1) is 38.6 Å². The van der Waals surface area contributed by atoms with E-state index in [0.29, 0.717) is 63.7 Å². The minimum Gasteiger partial charge on any atom is -0.481 e. The Kier molecular flexibility index (Phi) is 9.95. The van der Waals surface area contributed by atoms with Gasteiger partial charge >= 0.3 is 5.97 Å². The number of nitrogens with zero attached hydrogens (tertiary/aromatic N) is 6. The number of carboxylic acids is 1. The number of ketones is 1. The number of rotatable bonds is 11. The molecule has 0 spiro atoms. The fourth-order valence-electron chi connectivity index (χ4n) is 9.78. The van der Waals surface area contributed by atoms with Gasteiger partial charge in [-0.05, 0) is 56.1 Å². The number of hydrogen-bond acceptors (Lipinski definition) is 8. The maximum Gasteiger partial charge on any atom is 0.309 e. The Balaban J connectivity index is 0.959. The second kappa shape index (κ2) is 14.5. The number of benzene rings is 2. The normalized spacial score (nSPS) is 22.7. The number of nitrogens with one attached hydrogen (secondary N) is 1. The summed E-state index contributed by atoms with van der Waals surface area (Å²) in [4.78, 5) is 53.4. The van der Waals surface area contributed by atoms with Gasteiger partial charge in [-0.25, -0.2) is 9.97 Å². The van der Waals surface area contributed by atoms with Crippen molar-refractivity contribution in [3.63, 3.8) is 0 Å². The van der Waals surface area contributed by atoms with Gasteiger partial charge in [-0.2, -0.15) is 0 Å². The van der Waals surface area contributed by atoms with Gasteiger partial charge in [0, 0.05) is 95.1 Å². The lowest BCUT2D eigenvalue weighted by molar-refractivity contribution is -0.148. The summed E-state index contributed by atoms with van der Waals surface area (Å²) in [6.45, 7) is 6.02. The Labute approximate surface area is 330 Å². The lowest BCUT2D eigenvalue weighted by Gasteiger charge is -2.35. The minimum absolute atomic E-state index is 0.0481. The summed E-state index contributed by atoms with van der Waals surface area (Å²) in [5.41, 5.74) is 5.60. The zero-order chi connectivity index (χ0) is 38.8. The molecule has 2 aromatic heterocycles. The second-order valence-electron chi connectivity index (χ2n) is 16.3. The monoisotopic (exact) mass is 787 g/mol. The van der Waals surface area contributed by atoms with Gasteiger partial charge < -0.3 is 24.7 Å². The predicted molar refractivity (Wildman–Crippen MR) is 210 cm³/mol. The van der Waals surface area contributed by atoms with Crippen molar-refractivity contribution in [1.29, 1.82) is 0 Å². The molecule has 2 fully saturated rings. The highest BCUT2D eigenvalue weighted by molar-refractivity contribution is 6.39. The van der Waals surface area contributed by atoms with E-state index < -0.39 is 17.5 Å². The number of carboxylic acid groups (broad SMARTS) is 1. The zero-order valence-corrected chi connectivity index (χ0v) is 33.0. The summed E-state index contributed by atoms with van der Waals surface area (Å²) in [6, 6.07) is 10.9. The summed E-state index contributed by atoms with van der Waals surface area (Å²) in [5.74, 6) is -0.502. The molecule has 14 heteroatoms. The third-order valence-electron chi connectivity index (χ3n) is 12.6. The molecule has 4 aromatic rings. The van der Waals surface area contributed by atoms with Crippen LogP contribution >= 0.6 is 23.2 Å². The van der Waals surface area contributed by atoms with Gasteiger partial charge in [0.25, 0.3) is 5.91 Å². The van der Waals surface area contributed by atoms with E-state index in [0.717, 1.165) is 87.4 Å². The fraction of sp³-hybridized carbons (Fsp3) is 0.488. The summed E-state index contributed by atoms with van der Waals surface area (Å²) in [6.07, 6.45) is 5.28. The van der Waals surface area contributed by atoms with Crippen molar-refractivity contribution in [1.82, 2.24) is 28.9 Å². The van der Waals surface area contributed by atoms with Crippen LogP contribution in [0.25, 0.3) is 11.1 Å². The number of aliphatic hydroxyl groups is 1. The van der Waals surface area contributed by atoms with Crippen LogP contribution in [0.4, 0.5) is 5.69 Å². The highest BCUT2D eigenvalue weighted by Crippen LogP contribution is 2.62. The van der Waals surface area contributed by atoms with E-state index in [-0.39, 0.29) is 23.5 Å². The molecule has 2 bridgehead atoms. The molecule has 2 saturated carbocycles. The summed E-state index contributed by atoms with van der Waals surface area (Å²) in [7, 11) is 3.73. The standard InChI is InChI=1S/C41H47Cl2N7O5/c1-24(51)19-49-16-10-31-29(20-49)44-36(47(31)2)33(52)18-25-6-4-7-26(34(25)42)27-8-5-9-28(35(27)43)46-38(53)37-45-30-21-50(17-11-32(30)48(37)3)23-40-12-14-41(22-40,15-13-40)39(54)55/h4-9,24,51H,10-23H2,1-3H3,(H,46,53)(H,54,55)/t24-,40?,41?/m1/s1. The molecule has 4 aliphatic rings. The number of hydrogen-bond donors (Lipinski definition) is 3. The van der Waals surface area contributed by atoms with Crippen molar-refractivity contribution in [2.24, 2.45) is 24.9 Å². The molecule has 12 nitrogen and oxygen atoms in total. The topological polar surface area (TPSA) is 146 Å². The Morgan fingerprint density at radius 1 is 0.855 bits per heavy atom. The van der Waals surface area contributed by atoms with Gasteiger partial charge in [0.15, 0.2) is 11.6 Å². The molecule has 4 heterocycles. The number of aliphatic carboxylic acids is 1. The van der Waals surface area contributed by atoms with Crippen LogP contribution in [-0.4, -0.2) is 89.1 Å². The minimum atomic E-state index is -0.649. The number of amides is 1. The number of fused-ring (bicyclic) bond motifs is 4. The molecular formula is C41H47Cl2N7O5. The quantitative estimate of drug-likeness (QED) is 0.157. The van der Waals surface area contributed by atoms with Gasteiger partial charge in [-0.15, -0.1) is 0 Å². The molecule has 55 heavy (non-hydrogen) atoms. The largest absolute Gasteiger partial charge is 0.481 e. The second-order valence-corrected chi connectivity index (χ2v) is 17.1. The van der Waals surface area contributed by atoms with Crippen LogP contribution in [0.3, 0.4) is 0 Å². The highest BCUT2D eigenvalue weighted by atomic mass is 35.5. The van der Waals surface area contributed by atoms with Crippen LogP contribution in [0.15, 0.2) is 36.4 Å². The lowest BCUT2D eigenvalue weighted by atomic mass is 9.81. The molecule has 8 rings (SSSR count). The third kappa shape index (κ3) is 6.90. The Morgan fingerprint density at radius 3 is 2.11 bits per heavy atom. The summed E-state index contributed by atoms with van der Waals surface area (Å²) < 4.78 is 3.74. The van der Waals surface area contributed by atoms with Crippen LogP contribution in [0, 0.1) is 10.8 Å². The number of aromatic nitrogens is 4. The SMILES string of the molecule is C[C@@H](O)CN1CCc2c(nc(C(=O)Cc3cccc(-c4cccc(NC(=O)c5nc6c(n5C)CCN(CC57CCC(C(=O)O)(CC5)C7)C6)c4Cl)c3Cl)n2C)C1. The first kappa shape index (κ1) is 37.8. The zero-order valence-electron chi connectivity index (χ0n) is 31.5. The van der Waals surface area contributed by atoms with E-state index in [1.165, 1.54) is 0 Å². The smallest absolute Gasteiger partial charge is 0.309 e. The van der Waals surface area contributed by atoms with E-state index in [9.17, 15) is 24.6 Å². The van der Waals surface area contributed by atoms with Gasteiger partial charge in [0.1, 0.15) is 0 Å². The lowest BCUT2D eigenvalue weighted by Crippen LogP contribution is -2.39. The van der Waals surface area contributed by atoms with E-state index in [4.69, 9.17) is 33.2 Å². The number of β-amino-alcohol motifs (C(OH)–C–C–N with tert-alkyl or cyclic N) is 1. The summed E-state index contributed by atoms with van der Waals surface area (Å²) in [5, 5.41) is 23.4. The van der Waals surface area contributed by atoms with Crippen LogP contribution in [0.1, 0.15) is 88.6 Å². The number of imidazole rings is 2. The number of carbonyl (C=O) groups is 3. The molecule has 2 aromatic carbocycles. The fourth-order valence-corrected chi connectivity index (χ4v) is 10.4. The van der Waals surface area contributed by atoms with Crippen LogP contribution in [0.5, 0.6) is 0 Å². The number of Topliss-reactive ketones (excluding diaryl/α,β-unsaturated/α-hetero) is 1. The highest BCUT2D eigenvalue weighted by Gasteiger charge is 2.58. The van der Waals surface area contributed by atoms with Crippen LogP contribution in [-0.2, 0) is 51.2 Å². The molecule has 1 amide bonds. The van der Waals surface area contributed by atoms with E-state index in [1.807, 2.05) is 47.5 Å². The molecule has 1 atom stereocenters. The van der Waals surface area contributed by atoms with Gasteiger partial charge in [0.2, 0.25) is 5.78 Å². The predicted octanol–water partition coefficient (Wildman–Crippen LogP) is 5.94. The average molecular weight is 789 g/mol. The average Bonchev–Trinajstić information content (AvgIpc) is 3.90.